The van der Waals surface area contributed by atoms with Crippen LogP contribution in [0.15, 0.2) is 22.6 Å². The molecule has 1 aliphatic heterocycles. The monoisotopic (exact) mass is 303 g/mol. The lowest BCUT2D eigenvalue weighted by Gasteiger charge is -2.33. The number of morpholine rings is 1. The summed E-state index contributed by atoms with van der Waals surface area (Å²) >= 11 is 0. The van der Waals surface area contributed by atoms with Gasteiger partial charge in [-0.25, -0.2) is 0 Å². The Bertz CT molecular complexity index is 641. The first-order valence-electron chi connectivity index (χ1n) is 7.42. The van der Waals surface area contributed by atoms with E-state index >= 15 is 0 Å². The van der Waals surface area contributed by atoms with Crippen LogP contribution in [0.4, 0.5) is 0 Å². The highest BCUT2D eigenvalue weighted by Crippen LogP contribution is 2.27. The fourth-order valence-corrected chi connectivity index (χ4v) is 2.70. The summed E-state index contributed by atoms with van der Waals surface area (Å²) < 4.78 is 16.6. The minimum atomic E-state index is 0.00208. The predicted octanol–water partition coefficient (Wildman–Crippen LogP) is 2.27. The predicted molar refractivity (Wildman–Crippen MR) is 80.7 cm³/mol. The quantitative estimate of drug-likeness (QED) is 0.863. The molecule has 0 aliphatic carbocycles. The number of ether oxygens (including phenoxy) is 2. The van der Waals surface area contributed by atoms with Gasteiger partial charge in [-0.15, -0.1) is 10.2 Å². The van der Waals surface area contributed by atoms with E-state index in [0.717, 1.165) is 24.4 Å². The van der Waals surface area contributed by atoms with E-state index in [0.29, 0.717) is 25.0 Å². The van der Waals surface area contributed by atoms with Gasteiger partial charge in [0.15, 0.2) is 0 Å². The third kappa shape index (κ3) is 3.13. The fraction of sp³-hybridized carbons (Fsp3) is 0.500. The molecule has 0 saturated carbocycles. The summed E-state index contributed by atoms with van der Waals surface area (Å²) in [5, 5.41) is 8.07. The Morgan fingerprint density at radius 3 is 2.91 bits per heavy atom. The van der Waals surface area contributed by atoms with Crippen molar-refractivity contribution in [3.8, 4) is 5.75 Å². The van der Waals surface area contributed by atoms with Crippen LogP contribution in [-0.4, -0.2) is 42.0 Å². The number of hydrogen-bond acceptors (Lipinski definition) is 6. The zero-order chi connectivity index (χ0) is 15.5. The van der Waals surface area contributed by atoms with Crippen LogP contribution in [0.25, 0.3) is 0 Å². The van der Waals surface area contributed by atoms with Crippen molar-refractivity contribution in [3.05, 3.63) is 41.1 Å². The first kappa shape index (κ1) is 15.0. The Labute approximate surface area is 130 Å². The minimum absolute atomic E-state index is 0.00208. The third-order valence-electron chi connectivity index (χ3n) is 3.92. The first-order chi connectivity index (χ1) is 10.7. The molecule has 6 heteroatoms. The molecule has 1 aromatic heterocycles. The number of benzene rings is 1. The highest BCUT2D eigenvalue weighted by molar-refractivity contribution is 5.36. The van der Waals surface area contributed by atoms with Gasteiger partial charge in [0, 0.05) is 20.0 Å². The molecule has 1 unspecified atom stereocenters. The second-order valence-corrected chi connectivity index (χ2v) is 5.52. The molecule has 1 aromatic carbocycles. The van der Waals surface area contributed by atoms with Crippen molar-refractivity contribution in [2.45, 2.75) is 26.4 Å². The van der Waals surface area contributed by atoms with Gasteiger partial charge in [-0.1, -0.05) is 12.1 Å². The van der Waals surface area contributed by atoms with E-state index in [1.807, 2.05) is 6.92 Å². The standard InChI is InChI=1S/C16H21N3O3/c1-11-4-5-13(8-15(11)20-3)9-19-6-7-21-10-14(19)16-18-17-12(2)22-16/h4-5,8,14H,6-7,9-10H2,1-3H3. The average Bonchev–Trinajstić information content (AvgIpc) is 2.96. The number of aryl methyl sites for hydroxylation is 2. The Balaban J connectivity index is 1.79. The lowest BCUT2D eigenvalue weighted by atomic mass is 10.1. The molecule has 1 aliphatic rings. The highest BCUT2D eigenvalue weighted by Gasteiger charge is 2.29. The number of nitrogens with zero attached hydrogens (tertiary/aromatic N) is 3. The summed E-state index contributed by atoms with van der Waals surface area (Å²) in [4.78, 5) is 2.31. The van der Waals surface area contributed by atoms with Crippen molar-refractivity contribution in [2.75, 3.05) is 26.9 Å². The molecule has 0 spiro atoms. The fourth-order valence-electron chi connectivity index (χ4n) is 2.70. The van der Waals surface area contributed by atoms with E-state index in [4.69, 9.17) is 13.9 Å². The van der Waals surface area contributed by atoms with E-state index < -0.39 is 0 Å². The summed E-state index contributed by atoms with van der Waals surface area (Å²) in [7, 11) is 1.70. The molecule has 0 radical (unpaired) electrons. The van der Waals surface area contributed by atoms with Crippen molar-refractivity contribution in [1.29, 1.82) is 0 Å². The summed E-state index contributed by atoms with van der Waals surface area (Å²) in [6.07, 6.45) is 0. The molecule has 0 amide bonds. The number of rotatable bonds is 4. The van der Waals surface area contributed by atoms with E-state index in [-0.39, 0.29) is 6.04 Å². The second kappa shape index (κ2) is 6.46. The normalized spacial score (nSPS) is 19.3. The van der Waals surface area contributed by atoms with Gasteiger partial charge in [0.1, 0.15) is 11.8 Å². The molecular formula is C16H21N3O3. The van der Waals surface area contributed by atoms with Crippen molar-refractivity contribution >= 4 is 0 Å². The molecular weight excluding hydrogens is 282 g/mol. The summed E-state index contributed by atoms with van der Waals surface area (Å²) in [6, 6.07) is 6.30. The average molecular weight is 303 g/mol. The van der Waals surface area contributed by atoms with Crippen molar-refractivity contribution in [3.63, 3.8) is 0 Å². The Morgan fingerprint density at radius 2 is 2.18 bits per heavy atom. The zero-order valence-corrected chi connectivity index (χ0v) is 13.2. The van der Waals surface area contributed by atoms with Crippen molar-refractivity contribution in [1.82, 2.24) is 15.1 Å². The molecule has 22 heavy (non-hydrogen) atoms. The van der Waals surface area contributed by atoms with E-state index in [9.17, 15) is 0 Å². The third-order valence-corrected chi connectivity index (χ3v) is 3.92. The topological polar surface area (TPSA) is 60.6 Å². The van der Waals surface area contributed by atoms with Gasteiger partial charge in [-0.05, 0) is 24.1 Å². The Hall–Kier alpha value is -1.92. The van der Waals surface area contributed by atoms with Crippen molar-refractivity contribution < 1.29 is 13.9 Å². The molecule has 118 valence electrons. The molecule has 2 heterocycles. The summed E-state index contributed by atoms with van der Waals surface area (Å²) in [5.41, 5.74) is 2.34. The van der Waals surface area contributed by atoms with Gasteiger partial charge in [0.2, 0.25) is 11.8 Å². The minimum Gasteiger partial charge on any atom is -0.496 e. The van der Waals surface area contributed by atoms with Gasteiger partial charge in [-0.2, -0.15) is 0 Å². The van der Waals surface area contributed by atoms with Gasteiger partial charge in [0.05, 0.1) is 20.3 Å². The zero-order valence-electron chi connectivity index (χ0n) is 13.2. The van der Waals surface area contributed by atoms with Crippen LogP contribution in [0.5, 0.6) is 5.75 Å². The molecule has 1 fully saturated rings. The SMILES string of the molecule is COc1cc(CN2CCOCC2c2nnc(C)o2)ccc1C. The van der Waals surface area contributed by atoms with Crippen LogP contribution in [0.3, 0.4) is 0 Å². The van der Waals surface area contributed by atoms with Gasteiger partial charge < -0.3 is 13.9 Å². The lowest BCUT2D eigenvalue weighted by Crippen LogP contribution is -2.39. The van der Waals surface area contributed by atoms with Crippen LogP contribution in [0.1, 0.15) is 29.0 Å². The Morgan fingerprint density at radius 1 is 1.32 bits per heavy atom. The number of methoxy groups -OCH3 is 1. The second-order valence-electron chi connectivity index (χ2n) is 5.52. The Kier molecular flexibility index (Phi) is 4.40. The molecule has 2 aromatic rings. The van der Waals surface area contributed by atoms with Crippen LogP contribution in [0.2, 0.25) is 0 Å². The number of hydrogen-bond donors (Lipinski definition) is 0. The summed E-state index contributed by atoms with van der Waals surface area (Å²) in [5.74, 6) is 2.12. The van der Waals surface area contributed by atoms with Gasteiger partial charge >= 0.3 is 0 Å². The molecule has 0 N–H and O–H groups in total. The molecule has 6 nitrogen and oxygen atoms in total. The maximum Gasteiger partial charge on any atom is 0.235 e. The molecule has 3 rings (SSSR count). The van der Waals surface area contributed by atoms with E-state index in [1.165, 1.54) is 5.56 Å². The highest BCUT2D eigenvalue weighted by atomic mass is 16.5. The summed E-state index contributed by atoms with van der Waals surface area (Å²) in [6.45, 7) is 6.77. The maximum atomic E-state index is 5.59. The smallest absolute Gasteiger partial charge is 0.235 e. The maximum absolute atomic E-state index is 5.59. The first-order valence-corrected chi connectivity index (χ1v) is 7.42. The van der Waals surface area contributed by atoms with Crippen LogP contribution in [0, 0.1) is 13.8 Å². The van der Waals surface area contributed by atoms with Gasteiger partial charge in [0.25, 0.3) is 0 Å². The molecule has 0 bridgehead atoms. The van der Waals surface area contributed by atoms with Crippen molar-refractivity contribution in [2.24, 2.45) is 0 Å². The lowest BCUT2D eigenvalue weighted by molar-refractivity contribution is -0.0225. The molecule has 1 saturated heterocycles. The van der Waals surface area contributed by atoms with E-state index in [1.54, 1.807) is 14.0 Å². The largest absolute Gasteiger partial charge is 0.496 e. The van der Waals surface area contributed by atoms with Crippen LogP contribution in [-0.2, 0) is 11.3 Å². The van der Waals surface area contributed by atoms with Crippen LogP contribution < -0.4 is 4.74 Å². The molecule has 1 atom stereocenters. The van der Waals surface area contributed by atoms with E-state index in [2.05, 4.69) is 33.3 Å². The number of aromatic nitrogens is 2. The van der Waals surface area contributed by atoms with Gasteiger partial charge in [-0.3, -0.25) is 4.90 Å². The van der Waals surface area contributed by atoms with Crippen LogP contribution >= 0.6 is 0 Å².